The van der Waals surface area contributed by atoms with Gasteiger partial charge in [0.05, 0.1) is 0 Å². The smallest absolute Gasteiger partial charge is 0.361 e. The second kappa shape index (κ2) is 3.83. The molecule has 0 saturated carbocycles. The number of hydrogen-bond acceptors (Lipinski definition) is 1. The van der Waals surface area contributed by atoms with Crippen LogP contribution in [0, 0.1) is 0 Å². The van der Waals surface area contributed by atoms with E-state index in [0.717, 1.165) is 10.9 Å². The molecular weight excluding hydrogens is 217 g/mol. The van der Waals surface area contributed by atoms with Gasteiger partial charge in [-0.05, 0) is 18.1 Å². The quantitative estimate of drug-likeness (QED) is 0.815. The maximum Gasteiger partial charge on any atom is 0.403 e. The second-order valence-corrected chi connectivity index (χ2v) is 3.71. The maximum absolute atomic E-state index is 12.3. The number of rotatable bonds is 2. The van der Waals surface area contributed by atoms with Crippen LogP contribution in [0.15, 0.2) is 30.5 Å². The summed E-state index contributed by atoms with van der Waals surface area (Å²) in [4.78, 5) is 2.92. The third kappa shape index (κ3) is 2.04. The number of H-pyrrole nitrogens is 1. The maximum atomic E-state index is 12.3. The lowest BCUT2D eigenvalue weighted by Gasteiger charge is -2.14. The molecule has 1 aromatic carbocycles. The first-order chi connectivity index (χ1) is 7.48. The van der Waals surface area contributed by atoms with Crippen molar-refractivity contribution < 1.29 is 13.2 Å². The highest BCUT2D eigenvalue weighted by Crippen LogP contribution is 2.25. The molecule has 0 saturated heterocycles. The number of aromatic amines is 1. The summed E-state index contributed by atoms with van der Waals surface area (Å²) in [5.41, 5.74) is 6.52. The zero-order valence-electron chi connectivity index (χ0n) is 8.38. The van der Waals surface area contributed by atoms with E-state index in [1.807, 2.05) is 12.1 Å². The summed E-state index contributed by atoms with van der Waals surface area (Å²) in [6.07, 6.45) is -2.97. The average molecular weight is 228 g/mol. The average Bonchev–Trinajstić information content (AvgIpc) is 2.61. The summed E-state index contributed by atoms with van der Waals surface area (Å²) in [6.45, 7) is 0. The molecule has 16 heavy (non-hydrogen) atoms. The fraction of sp³-hybridized carbons (Fsp3) is 0.273. The summed E-state index contributed by atoms with van der Waals surface area (Å²) in [5, 5.41) is 0.794. The van der Waals surface area contributed by atoms with Crippen molar-refractivity contribution in [1.29, 1.82) is 0 Å². The Labute approximate surface area is 90.3 Å². The number of alkyl halides is 3. The van der Waals surface area contributed by atoms with Gasteiger partial charge in [-0.1, -0.05) is 18.2 Å². The fourth-order valence-electron chi connectivity index (χ4n) is 1.65. The third-order valence-corrected chi connectivity index (χ3v) is 2.54. The molecule has 2 nitrogen and oxygen atoms in total. The van der Waals surface area contributed by atoms with Gasteiger partial charge in [0.1, 0.15) is 6.04 Å². The number of hydrogen-bond donors (Lipinski definition) is 2. The van der Waals surface area contributed by atoms with Crippen molar-refractivity contribution in [2.75, 3.05) is 0 Å². The van der Waals surface area contributed by atoms with Gasteiger partial charge in [0.25, 0.3) is 0 Å². The van der Waals surface area contributed by atoms with Gasteiger partial charge >= 0.3 is 6.18 Å². The van der Waals surface area contributed by atoms with E-state index in [1.54, 1.807) is 18.3 Å². The molecule has 2 rings (SSSR count). The Balaban J connectivity index is 2.28. The highest BCUT2D eigenvalue weighted by Gasteiger charge is 2.36. The van der Waals surface area contributed by atoms with Gasteiger partial charge in [-0.2, -0.15) is 13.2 Å². The van der Waals surface area contributed by atoms with Crippen molar-refractivity contribution in [2.45, 2.75) is 18.6 Å². The van der Waals surface area contributed by atoms with Crippen LogP contribution in [0.1, 0.15) is 5.56 Å². The molecule has 0 aliphatic rings. The Hall–Kier alpha value is -1.49. The fourth-order valence-corrected chi connectivity index (χ4v) is 1.65. The lowest BCUT2D eigenvalue weighted by molar-refractivity contribution is -0.147. The monoisotopic (exact) mass is 228 g/mol. The van der Waals surface area contributed by atoms with E-state index in [1.165, 1.54) is 0 Å². The van der Waals surface area contributed by atoms with Crippen molar-refractivity contribution in [3.05, 3.63) is 36.0 Å². The number of benzene rings is 1. The Morgan fingerprint density at radius 3 is 2.62 bits per heavy atom. The first kappa shape index (κ1) is 11.0. The minimum Gasteiger partial charge on any atom is -0.361 e. The number of aromatic nitrogens is 1. The van der Waals surface area contributed by atoms with Crippen LogP contribution in [0.2, 0.25) is 0 Å². The summed E-state index contributed by atoms with van der Waals surface area (Å²) >= 11 is 0. The highest BCUT2D eigenvalue weighted by molar-refractivity contribution is 5.83. The van der Waals surface area contributed by atoms with Crippen molar-refractivity contribution in [3.63, 3.8) is 0 Å². The summed E-state index contributed by atoms with van der Waals surface area (Å²) in [7, 11) is 0. The number of nitrogens with one attached hydrogen (secondary N) is 1. The predicted octanol–water partition coefficient (Wildman–Crippen LogP) is 2.60. The van der Waals surface area contributed by atoms with E-state index in [4.69, 9.17) is 5.73 Å². The molecule has 0 radical (unpaired) electrons. The Morgan fingerprint density at radius 2 is 1.94 bits per heavy atom. The molecule has 0 aliphatic carbocycles. The summed E-state index contributed by atoms with van der Waals surface area (Å²) in [6, 6.07) is 5.40. The Morgan fingerprint density at radius 1 is 1.25 bits per heavy atom. The molecule has 1 aromatic heterocycles. The third-order valence-electron chi connectivity index (χ3n) is 2.54. The normalized spacial score (nSPS) is 14.2. The van der Waals surface area contributed by atoms with Crippen molar-refractivity contribution in [3.8, 4) is 0 Å². The van der Waals surface area contributed by atoms with Gasteiger partial charge in [-0.25, -0.2) is 0 Å². The van der Waals surface area contributed by atoms with Crippen LogP contribution < -0.4 is 5.73 Å². The molecule has 3 N–H and O–H groups in total. The molecule has 0 amide bonds. The number of nitrogens with two attached hydrogens (primary N) is 1. The van der Waals surface area contributed by atoms with Crippen LogP contribution in [0.25, 0.3) is 10.9 Å². The van der Waals surface area contributed by atoms with E-state index in [2.05, 4.69) is 4.98 Å². The zero-order valence-corrected chi connectivity index (χ0v) is 8.38. The summed E-state index contributed by atoms with van der Waals surface area (Å²) < 4.78 is 36.9. The minimum absolute atomic E-state index is 0.201. The molecule has 5 heteroatoms. The minimum atomic E-state index is -4.35. The second-order valence-electron chi connectivity index (χ2n) is 3.71. The van der Waals surface area contributed by atoms with Crippen LogP contribution in [0.5, 0.6) is 0 Å². The van der Waals surface area contributed by atoms with Crippen molar-refractivity contribution in [1.82, 2.24) is 4.98 Å². The molecule has 0 unspecified atom stereocenters. The van der Waals surface area contributed by atoms with Crippen LogP contribution in [0.4, 0.5) is 13.2 Å². The predicted molar refractivity (Wildman–Crippen MR) is 56.0 cm³/mol. The Bertz CT molecular complexity index is 487. The topological polar surface area (TPSA) is 41.8 Å². The molecule has 0 fully saturated rings. The molecule has 1 heterocycles. The molecular formula is C11H11F3N2. The summed E-state index contributed by atoms with van der Waals surface area (Å²) in [5.74, 6) is 0. The van der Waals surface area contributed by atoms with Crippen LogP contribution in [-0.4, -0.2) is 17.2 Å². The van der Waals surface area contributed by atoms with Crippen LogP contribution in [0.3, 0.4) is 0 Å². The van der Waals surface area contributed by atoms with Crippen molar-refractivity contribution >= 4 is 10.9 Å². The van der Waals surface area contributed by atoms with E-state index in [0.29, 0.717) is 5.56 Å². The number of para-hydroxylation sites is 1. The van der Waals surface area contributed by atoms with Gasteiger partial charge in [0.15, 0.2) is 0 Å². The zero-order chi connectivity index (χ0) is 11.8. The SMILES string of the molecule is N[C@@H](Cc1c[nH]c2ccccc12)C(F)(F)F. The highest BCUT2D eigenvalue weighted by atomic mass is 19.4. The number of fused-ring (bicyclic) bond motifs is 1. The Kier molecular flexibility index (Phi) is 2.63. The van der Waals surface area contributed by atoms with Gasteiger partial charge in [0, 0.05) is 17.1 Å². The van der Waals surface area contributed by atoms with Gasteiger partial charge in [-0.3, -0.25) is 0 Å². The van der Waals surface area contributed by atoms with E-state index >= 15 is 0 Å². The van der Waals surface area contributed by atoms with E-state index < -0.39 is 12.2 Å². The molecule has 0 bridgehead atoms. The van der Waals surface area contributed by atoms with Gasteiger partial charge in [0.2, 0.25) is 0 Å². The largest absolute Gasteiger partial charge is 0.403 e. The lowest BCUT2D eigenvalue weighted by Crippen LogP contribution is -2.39. The molecule has 1 atom stereocenters. The molecule has 0 spiro atoms. The molecule has 2 aromatic rings. The van der Waals surface area contributed by atoms with E-state index in [-0.39, 0.29) is 6.42 Å². The first-order valence-corrected chi connectivity index (χ1v) is 4.86. The lowest BCUT2D eigenvalue weighted by atomic mass is 10.1. The van der Waals surface area contributed by atoms with Gasteiger partial charge < -0.3 is 10.7 Å². The number of halogens is 3. The standard InChI is InChI=1S/C11H11F3N2/c12-11(13,14)10(15)5-7-6-16-9-4-2-1-3-8(7)9/h1-4,6,10,16H,5,15H2/t10-/m0/s1. The molecule has 0 aliphatic heterocycles. The van der Waals surface area contributed by atoms with E-state index in [9.17, 15) is 13.2 Å². The first-order valence-electron chi connectivity index (χ1n) is 4.86. The van der Waals surface area contributed by atoms with Gasteiger partial charge in [-0.15, -0.1) is 0 Å². The van der Waals surface area contributed by atoms with Crippen molar-refractivity contribution in [2.24, 2.45) is 5.73 Å². The molecule has 86 valence electrons. The van der Waals surface area contributed by atoms with Crippen LogP contribution in [-0.2, 0) is 6.42 Å². The van der Waals surface area contributed by atoms with Crippen LogP contribution >= 0.6 is 0 Å².